The predicted octanol–water partition coefficient (Wildman–Crippen LogP) is 4.86. The molecule has 3 rings (SSSR count). The van der Waals surface area contributed by atoms with Crippen LogP contribution < -0.4 is 5.32 Å². The van der Waals surface area contributed by atoms with Crippen molar-refractivity contribution in [3.8, 4) is 0 Å². The normalized spacial score (nSPS) is 16.3. The van der Waals surface area contributed by atoms with Crippen molar-refractivity contribution in [1.82, 2.24) is 5.32 Å². The van der Waals surface area contributed by atoms with Crippen molar-refractivity contribution in [3.05, 3.63) is 56.7 Å². The van der Waals surface area contributed by atoms with E-state index in [0.717, 1.165) is 17.3 Å². The number of hydrogen-bond donors (Lipinski definition) is 1. The van der Waals surface area contributed by atoms with Crippen LogP contribution in [-0.4, -0.2) is 6.54 Å². The van der Waals surface area contributed by atoms with Crippen LogP contribution in [-0.2, 0) is 12.8 Å². The summed E-state index contributed by atoms with van der Waals surface area (Å²) < 4.78 is 0.888. The molecule has 0 aliphatic heterocycles. The molecule has 0 spiro atoms. The Morgan fingerprint density at radius 1 is 1.20 bits per heavy atom. The van der Waals surface area contributed by atoms with Crippen molar-refractivity contribution in [1.29, 1.82) is 0 Å². The number of benzene rings is 1. The SMILES string of the molecule is CCCNC(c1ccc(Cl)s1)C1Cc2ccccc2C1. The number of halogens is 1. The summed E-state index contributed by atoms with van der Waals surface area (Å²) in [6.45, 7) is 3.28. The lowest BCUT2D eigenvalue weighted by molar-refractivity contribution is 0.379. The second kappa shape index (κ2) is 6.30. The maximum Gasteiger partial charge on any atom is 0.0931 e. The first-order valence-electron chi connectivity index (χ1n) is 7.33. The number of thiophene rings is 1. The third-order valence-electron chi connectivity index (χ3n) is 4.07. The Labute approximate surface area is 130 Å². The lowest BCUT2D eigenvalue weighted by Crippen LogP contribution is -2.28. The fourth-order valence-electron chi connectivity index (χ4n) is 3.12. The molecule has 1 aliphatic carbocycles. The lowest BCUT2D eigenvalue weighted by atomic mass is 9.95. The highest BCUT2D eigenvalue weighted by Crippen LogP contribution is 2.38. The van der Waals surface area contributed by atoms with E-state index in [2.05, 4.69) is 42.6 Å². The zero-order chi connectivity index (χ0) is 13.9. The number of fused-ring (bicyclic) bond motifs is 1. The zero-order valence-electron chi connectivity index (χ0n) is 11.7. The Morgan fingerprint density at radius 3 is 2.45 bits per heavy atom. The number of rotatable bonds is 5. The van der Waals surface area contributed by atoms with Crippen LogP contribution in [0.5, 0.6) is 0 Å². The van der Waals surface area contributed by atoms with E-state index >= 15 is 0 Å². The van der Waals surface area contributed by atoms with E-state index < -0.39 is 0 Å². The maximum atomic E-state index is 6.13. The molecule has 1 aromatic carbocycles. The van der Waals surface area contributed by atoms with E-state index in [4.69, 9.17) is 11.6 Å². The summed E-state index contributed by atoms with van der Waals surface area (Å²) in [6, 6.07) is 13.5. The Hall–Kier alpha value is -0.830. The van der Waals surface area contributed by atoms with Crippen molar-refractivity contribution in [2.45, 2.75) is 32.2 Å². The molecule has 1 nitrogen and oxygen atoms in total. The van der Waals surface area contributed by atoms with Gasteiger partial charge in [0.25, 0.3) is 0 Å². The highest BCUT2D eigenvalue weighted by molar-refractivity contribution is 7.16. The summed E-state index contributed by atoms with van der Waals surface area (Å²) >= 11 is 7.84. The van der Waals surface area contributed by atoms with Crippen LogP contribution in [0.2, 0.25) is 4.34 Å². The Kier molecular flexibility index (Phi) is 4.45. The minimum absolute atomic E-state index is 0.430. The smallest absolute Gasteiger partial charge is 0.0931 e. The van der Waals surface area contributed by atoms with E-state index in [9.17, 15) is 0 Å². The highest BCUT2D eigenvalue weighted by atomic mass is 35.5. The summed E-state index contributed by atoms with van der Waals surface area (Å²) in [7, 11) is 0. The van der Waals surface area contributed by atoms with E-state index in [0.29, 0.717) is 12.0 Å². The van der Waals surface area contributed by atoms with Gasteiger partial charge in [0.15, 0.2) is 0 Å². The van der Waals surface area contributed by atoms with Gasteiger partial charge >= 0.3 is 0 Å². The molecule has 2 aromatic rings. The van der Waals surface area contributed by atoms with Gasteiger partial charge in [-0.15, -0.1) is 11.3 Å². The second-order valence-corrected chi connectivity index (χ2v) is 7.26. The molecule has 3 heteroatoms. The first-order valence-corrected chi connectivity index (χ1v) is 8.52. The van der Waals surface area contributed by atoms with E-state index in [1.54, 1.807) is 11.3 Å². The van der Waals surface area contributed by atoms with Crippen molar-refractivity contribution in [3.63, 3.8) is 0 Å². The van der Waals surface area contributed by atoms with Gasteiger partial charge in [0, 0.05) is 10.9 Å². The summed E-state index contributed by atoms with van der Waals surface area (Å²) in [5.74, 6) is 0.647. The molecule has 0 amide bonds. The van der Waals surface area contributed by atoms with Gasteiger partial charge in [-0.1, -0.05) is 42.8 Å². The summed E-state index contributed by atoms with van der Waals surface area (Å²) in [5.41, 5.74) is 3.03. The molecule has 1 heterocycles. The molecule has 0 fully saturated rings. The molecule has 0 radical (unpaired) electrons. The van der Waals surface area contributed by atoms with Gasteiger partial charge < -0.3 is 5.32 Å². The number of hydrogen-bond acceptors (Lipinski definition) is 2. The molecule has 106 valence electrons. The molecule has 20 heavy (non-hydrogen) atoms. The van der Waals surface area contributed by atoms with E-state index in [1.807, 2.05) is 6.07 Å². The molecule has 0 bridgehead atoms. The van der Waals surface area contributed by atoms with Gasteiger partial charge in [-0.3, -0.25) is 0 Å². The van der Waals surface area contributed by atoms with Crippen molar-refractivity contribution in [2.24, 2.45) is 5.92 Å². The molecule has 1 atom stereocenters. The summed E-state index contributed by atoms with van der Waals surface area (Å²) in [4.78, 5) is 1.38. The average molecular weight is 306 g/mol. The van der Waals surface area contributed by atoms with E-state index in [1.165, 1.54) is 28.8 Å². The molecule has 1 unspecified atom stereocenters. The molecule has 1 aliphatic rings. The minimum atomic E-state index is 0.430. The van der Waals surface area contributed by atoms with Crippen LogP contribution in [0.1, 0.15) is 35.4 Å². The molecule has 0 saturated heterocycles. The van der Waals surface area contributed by atoms with Gasteiger partial charge in [0.2, 0.25) is 0 Å². The highest BCUT2D eigenvalue weighted by Gasteiger charge is 2.29. The van der Waals surface area contributed by atoms with Crippen molar-refractivity contribution < 1.29 is 0 Å². The Morgan fingerprint density at radius 2 is 1.90 bits per heavy atom. The standard InChI is InChI=1S/C17H20ClNS/c1-2-9-19-17(15-7-8-16(18)20-15)14-10-12-5-3-4-6-13(12)11-14/h3-8,14,17,19H,2,9-11H2,1H3. The monoisotopic (exact) mass is 305 g/mol. The molecule has 0 saturated carbocycles. The quantitative estimate of drug-likeness (QED) is 0.832. The largest absolute Gasteiger partial charge is 0.309 e. The minimum Gasteiger partial charge on any atom is -0.309 e. The first-order chi connectivity index (χ1) is 9.78. The van der Waals surface area contributed by atoms with Crippen LogP contribution >= 0.6 is 22.9 Å². The topological polar surface area (TPSA) is 12.0 Å². The van der Waals surface area contributed by atoms with Crippen LogP contribution in [0.3, 0.4) is 0 Å². The van der Waals surface area contributed by atoms with Crippen LogP contribution in [0.4, 0.5) is 0 Å². The predicted molar refractivity (Wildman–Crippen MR) is 87.7 cm³/mol. The first kappa shape index (κ1) is 14.1. The third-order valence-corrected chi connectivity index (χ3v) is 5.38. The Bertz CT molecular complexity index is 553. The lowest BCUT2D eigenvalue weighted by Gasteiger charge is -2.23. The van der Waals surface area contributed by atoms with Crippen molar-refractivity contribution in [2.75, 3.05) is 6.54 Å². The van der Waals surface area contributed by atoms with Crippen LogP contribution in [0.15, 0.2) is 36.4 Å². The van der Waals surface area contributed by atoms with Gasteiger partial charge in [-0.05, 0) is 55.0 Å². The second-order valence-electron chi connectivity index (χ2n) is 5.51. The fraction of sp³-hybridized carbons (Fsp3) is 0.412. The molecule has 1 aromatic heterocycles. The summed E-state index contributed by atoms with van der Waals surface area (Å²) in [5, 5.41) is 3.73. The molecular formula is C17H20ClNS. The van der Waals surface area contributed by atoms with E-state index in [-0.39, 0.29) is 0 Å². The summed E-state index contributed by atoms with van der Waals surface area (Å²) in [6.07, 6.45) is 3.51. The van der Waals surface area contributed by atoms with Gasteiger partial charge in [-0.2, -0.15) is 0 Å². The fourth-order valence-corrected chi connectivity index (χ4v) is 4.35. The van der Waals surface area contributed by atoms with Crippen LogP contribution in [0.25, 0.3) is 0 Å². The van der Waals surface area contributed by atoms with Gasteiger partial charge in [0.1, 0.15) is 0 Å². The maximum absolute atomic E-state index is 6.13. The zero-order valence-corrected chi connectivity index (χ0v) is 13.3. The van der Waals surface area contributed by atoms with Crippen molar-refractivity contribution >= 4 is 22.9 Å². The third kappa shape index (κ3) is 2.93. The molecular weight excluding hydrogens is 286 g/mol. The average Bonchev–Trinajstić information content (AvgIpc) is 3.05. The Balaban J connectivity index is 1.81. The van der Waals surface area contributed by atoms with Gasteiger partial charge in [0.05, 0.1) is 4.34 Å². The number of nitrogens with one attached hydrogen (secondary N) is 1. The van der Waals surface area contributed by atoms with Crippen LogP contribution in [0, 0.1) is 5.92 Å². The molecule has 1 N–H and O–H groups in total. The van der Waals surface area contributed by atoms with Gasteiger partial charge in [-0.25, -0.2) is 0 Å².